The first-order valence-corrected chi connectivity index (χ1v) is 12.5. The number of fused-ring (bicyclic) bond motifs is 1. The number of nitriles is 1. The first-order chi connectivity index (χ1) is 15.9. The van der Waals surface area contributed by atoms with Gasteiger partial charge in [0, 0.05) is 30.2 Å². The van der Waals surface area contributed by atoms with Gasteiger partial charge in [0.2, 0.25) is 11.7 Å². The van der Waals surface area contributed by atoms with Gasteiger partial charge in [-0.2, -0.15) is 4.98 Å². The molecular weight excluding hydrogens is 483 g/mol. The summed E-state index contributed by atoms with van der Waals surface area (Å²) in [6.45, 7) is 12.9. The van der Waals surface area contributed by atoms with E-state index in [-0.39, 0.29) is 18.6 Å². The van der Waals surface area contributed by atoms with Crippen LogP contribution in [0.1, 0.15) is 81.1 Å². The first kappa shape index (κ1) is 28.2. The van der Waals surface area contributed by atoms with E-state index in [1.165, 1.54) is 42.1 Å². The van der Waals surface area contributed by atoms with Crippen molar-refractivity contribution in [3.63, 3.8) is 0 Å². The molecule has 3 aromatic heterocycles. The quantitative estimate of drug-likeness (QED) is 0.339. The van der Waals surface area contributed by atoms with E-state index < -0.39 is 5.41 Å². The van der Waals surface area contributed by atoms with Gasteiger partial charge < -0.3 is 9.84 Å². The van der Waals surface area contributed by atoms with Crippen LogP contribution in [0.4, 0.5) is 0 Å². The summed E-state index contributed by atoms with van der Waals surface area (Å²) in [6.07, 6.45) is 7.14. The molecule has 0 spiro atoms. The van der Waals surface area contributed by atoms with Gasteiger partial charge in [0.1, 0.15) is 11.5 Å². The van der Waals surface area contributed by atoms with Crippen molar-refractivity contribution in [2.75, 3.05) is 13.1 Å². The normalized spacial score (nSPS) is 16.7. The number of hydrogen-bond acceptors (Lipinski definition) is 8. The maximum atomic E-state index is 9.42. The Kier molecular flexibility index (Phi) is 10.9. The number of rotatable bonds is 7. The molecule has 9 heteroatoms. The summed E-state index contributed by atoms with van der Waals surface area (Å²) in [5, 5.41) is 20.0. The number of aromatic nitrogens is 4. The summed E-state index contributed by atoms with van der Waals surface area (Å²) >= 11 is 1.52. The Morgan fingerprint density at radius 1 is 1.35 bits per heavy atom. The number of nitrogens with one attached hydrogen (secondary N) is 1. The van der Waals surface area contributed by atoms with Crippen molar-refractivity contribution in [2.24, 2.45) is 5.92 Å². The van der Waals surface area contributed by atoms with Gasteiger partial charge >= 0.3 is 0 Å². The molecule has 1 N–H and O–H groups in total. The Bertz CT molecular complexity index is 1090. The van der Waals surface area contributed by atoms with Gasteiger partial charge in [-0.15, -0.1) is 10.4 Å². The molecule has 0 amide bonds. The van der Waals surface area contributed by atoms with E-state index in [0.717, 1.165) is 30.7 Å². The summed E-state index contributed by atoms with van der Waals surface area (Å²) in [6, 6.07) is 4.01. The fourth-order valence-electron chi connectivity index (χ4n) is 3.96. The Morgan fingerprint density at radius 3 is 2.82 bits per heavy atom. The van der Waals surface area contributed by atoms with E-state index >= 15 is 0 Å². The smallest absolute Gasteiger partial charge is 0.227 e. The van der Waals surface area contributed by atoms with Crippen LogP contribution < -0.4 is 5.32 Å². The summed E-state index contributed by atoms with van der Waals surface area (Å²) in [4.78, 5) is 14.2. The molecule has 1 atom stereocenters. The van der Waals surface area contributed by atoms with Gasteiger partial charge in [0.25, 0.3) is 0 Å². The zero-order valence-electron chi connectivity index (χ0n) is 20.7. The van der Waals surface area contributed by atoms with Crippen LogP contribution in [0, 0.1) is 29.6 Å². The molecule has 7 nitrogen and oxygen atoms in total. The summed E-state index contributed by atoms with van der Waals surface area (Å²) in [5.74, 6) is 2.42. The van der Waals surface area contributed by atoms with Crippen LogP contribution in [-0.2, 0) is 30.4 Å². The summed E-state index contributed by atoms with van der Waals surface area (Å²) < 4.78 is 5.59. The van der Waals surface area contributed by atoms with Gasteiger partial charge in [-0.3, -0.25) is 16.6 Å². The van der Waals surface area contributed by atoms with Crippen LogP contribution in [0.25, 0.3) is 11.5 Å². The molecule has 1 aliphatic carbocycles. The monoisotopic (exact) mass is 516 g/mol. The maximum absolute atomic E-state index is 9.42. The van der Waals surface area contributed by atoms with E-state index in [1.807, 2.05) is 6.92 Å². The number of unbranched alkanes of at least 4 members (excludes halogenated alkanes) is 1. The molecule has 3 aromatic rings. The topological polar surface area (TPSA) is 101 Å². The molecule has 0 unspecified atom stereocenters. The van der Waals surface area contributed by atoms with Gasteiger partial charge in [0.05, 0.1) is 0 Å². The molecule has 0 fully saturated rings. The minimum atomic E-state index is -0.456. The van der Waals surface area contributed by atoms with Crippen molar-refractivity contribution in [2.45, 2.75) is 72.1 Å². The fraction of sp³-hybridized carbons (Fsp3) is 0.560. The van der Waals surface area contributed by atoms with Crippen molar-refractivity contribution < 1.29 is 23.1 Å². The molecule has 181 valence electrons. The van der Waals surface area contributed by atoms with Crippen LogP contribution in [0.3, 0.4) is 0 Å². The third-order valence-electron chi connectivity index (χ3n) is 5.71. The fourth-order valence-corrected chi connectivity index (χ4v) is 5.01. The molecule has 0 saturated heterocycles. The number of hydrogen-bond donors (Lipinski definition) is 1. The predicted molar refractivity (Wildman–Crippen MR) is 130 cm³/mol. The molecule has 0 aromatic carbocycles. The average molecular weight is 517 g/mol. The van der Waals surface area contributed by atoms with Crippen LogP contribution in [-0.4, -0.2) is 33.2 Å². The van der Waals surface area contributed by atoms with E-state index in [9.17, 15) is 5.26 Å². The van der Waals surface area contributed by atoms with Gasteiger partial charge in [-0.25, -0.2) is 9.97 Å². The number of thiophene rings is 1. The molecule has 4 rings (SSSR count). The van der Waals surface area contributed by atoms with Crippen molar-refractivity contribution in [1.29, 1.82) is 5.26 Å². The number of aryl methyl sites for hydroxylation is 2. The second-order valence-corrected chi connectivity index (χ2v) is 9.94. The van der Waals surface area contributed by atoms with Crippen molar-refractivity contribution in [3.05, 3.63) is 45.4 Å². The largest absolute Gasteiger partial charge is 0.339 e. The Hall–Kier alpha value is -2.05. The molecule has 3 heterocycles. The van der Waals surface area contributed by atoms with Crippen molar-refractivity contribution >= 4 is 11.3 Å². The van der Waals surface area contributed by atoms with E-state index in [0.29, 0.717) is 28.8 Å². The van der Waals surface area contributed by atoms with Gasteiger partial charge in [-0.05, 0) is 50.9 Å². The van der Waals surface area contributed by atoms with Crippen LogP contribution in [0.5, 0.6) is 0 Å². The zero-order valence-corrected chi connectivity index (χ0v) is 22.9. The Labute approximate surface area is 218 Å². The first-order valence-electron chi connectivity index (χ1n) is 11.7. The second kappa shape index (κ2) is 13.2. The summed E-state index contributed by atoms with van der Waals surface area (Å²) in [7, 11) is 0. The van der Waals surface area contributed by atoms with E-state index in [1.54, 1.807) is 12.3 Å². The molecule has 34 heavy (non-hydrogen) atoms. The third kappa shape index (κ3) is 6.76. The zero-order chi connectivity index (χ0) is 23.8. The Morgan fingerprint density at radius 2 is 2.15 bits per heavy atom. The molecular formula is C25H33N6OSV-. The molecule has 1 radical (unpaired) electrons. The summed E-state index contributed by atoms with van der Waals surface area (Å²) in [5.41, 5.74) is 1.77. The number of nitrogens with zero attached hydrogens (tertiary/aromatic N) is 5. The minimum absolute atomic E-state index is 0. The minimum Gasteiger partial charge on any atom is -0.339 e. The predicted octanol–water partition coefficient (Wildman–Crippen LogP) is 5.24. The van der Waals surface area contributed by atoms with Crippen molar-refractivity contribution in [3.8, 4) is 17.6 Å². The van der Waals surface area contributed by atoms with E-state index in [4.69, 9.17) is 4.52 Å². The molecule has 1 aliphatic rings. The SMILES string of the molecule is CCCCNCC(C)C.Cc1nccc(-c2noc([C@@]3(C)CCCc4s[c-]c(C#N)c43)n2)n1.[V]. The molecule has 0 saturated carbocycles. The molecule has 0 bridgehead atoms. The van der Waals surface area contributed by atoms with Gasteiger partial charge in [-0.1, -0.05) is 63.1 Å². The molecule has 0 aliphatic heterocycles. The average Bonchev–Trinajstić information content (AvgIpc) is 3.46. The standard InChI is InChI=1S/C17H14N5OS.C8H19N.V/c1-10-19-7-5-12(20-10)15-21-16(23-22-15)17(2)6-3-4-13-14(17)11(8-18)9-24-13;1-4-5-6-9-7-8(2)3;/h5,7H,3-4,6H2,1-2H3;8-9H,4-7H2,1-3H3;/q-1;;/t17-;;/m0../s1. The second-order valence-electron chi connectivity index (χ2n) is 9.04. The Balaban J connectivity index is 0.000000352. The van der Waals surface area contributed by atoms with Crippen LogP contribution >= 0.6 is 11.3 Å². The van der Waals surface area contributed by atoms with Crippen LogP contribution in [0.2, 0.25) is 0 Å². The van der Waals surface area contributed by atoms with Crippen molar-refractivity contribution in [1.82, 2.24) is 25.4 Å². The third-order valence-corrected chi connectivity index (χ3v) is 6.67. The maximum Gasteiger partial charge on any atom is 0.227 e. The van der Waals surface area contributed by atoms with E-state index in [2.05, 4.69) is 64.6 Å². The van der Waals surface area contributed by atoms with Gasteiger partial charge in [0.15, 0.2) is 0 Å². The van der Waals surface area contributed by atoms with Crippen LogP contribution in [0.15, 0.2) is 16.8 Å².